The quantitative estimate of drug-likeness (QED) is 0.572. The highest BCUT2D eigenvalue weighted by Gasteiger charge is 2.16. The minimum absolute atomic E-state index is 0.00662. The van der Waals surface area contributed by atoms with Gasteiger partial charge in [-0.2, -0.15) is 0 Å². The Balaban J connectivity index is 1.94. The third-order valence-electron chi connectivity index (χ3n) is 3.92. The zero-order valence-corrected chi connectivity index (χ0v) is 16.3. The van der Waals surface area contributed by atoms with Gasteiger partial charge in [-0.1, -0.05) is 23.7 Å². The van der Waals surface area contributed by atoms with Crippen molar-refractivity contribution in [3.63, 3.8) is 0 Å². The van der Waals surface area contributed by atoms with Gasteiger partial charge in [0.25, 0.3) is 0 Å². The third-order valence-corrected chi connectivity index (χ3v) is 4.17. The first-order chi connectivity index (χ1) is 13.4. The van der Waals surface area contributed by atoms with E-state index in [1.165, 1.54) is 6.07 Å². The van der Waals surface area contributed by atoms with Gasteiger partial charge in [0.1, 0.15) is 18.1 Å². The molecule has 5 nitrogen and oxygen atoms in total. The summed E-state index contributed by atoms with van der Waals surface area (Å²) in [5, 5.41) is 10.1. The number of aromatic nitrogens is 1. The number of carboxylic acids is 1. The van der Waals surface area contributed by atoms with E-state index in [2.05, 4.69) is 4.98 Å². The summed E-state index contributed by atoms with van der Waals surface area (Å²) in [5.41, 5.74) is 1.84. The molecule has 2 aromatic carbocycles. The Hall–Kier alpha value is -3.05. The fraction of sp³-hybridized carbons (Fsp3) is 0.182. The van der Waals surface area contributed by atoms with E-state index >= 15 is 0 Å². The van der Waals surface area contributed by atoms with Gasteiger partial charge in [0.2, 0.25) is 0 Å². The molecule has 144 valence electrons. The van der Waals surface area contributed by atoms with E-state index in [9.17, 15) is 9.90 Å². The van der Waals surface area contributed by atoms with Crippen LogP contribution in [0.2, 0.25) is 5.02 Å². The van der Waals surface area contributed by atoms with Crippen molar-refractivity contribution in [1.82, 2.24) is 4.98 Å². The van der Waals surface area contributed by atoms with Gasteiger partial charge in [-0.15, -0.1) is 0 Å². The van der Waals surface area contributed by atoms with Gasteiger partial charge in [0.05, 0.1) is 23.1 Å². The number of carboxylic acid groups (broad SMARTS) is 1. The van der Waals surface area contributed by atoms with Crippen LogP contribution in [0.25, 0.3) is 11.3 Å². The van der Waals surface area contributed by atoms with Gasteiger partial charge < -0.3 is 14.6 Å². The molecule has 3 rings (SSSR count). The highest BCUT2D eigenvalue weighted by Crippen LogP contribution is 2.30. The fourth-order valence-corrected chi connectivity index (χ4v) is 2.80. The Bertz CT molecular complexity index is 971. The zero-order chi connectivity index (χ0) is 20.1. The number of rotatable bonds is 7. The lowest BCUT2D eigenvalue weighted by Crippen LogP contribution is -2.10. The first-order valence-electron chi connectivity index (χ1n) is 8.81. The minimum atomic E-state index is -1.06. The van der Waals surface area contributed by atoms with E-state index in [4.69, 9.17) is 21.1 Å². The monoisotopic (exact) mass is 397 g/mol. The number of benzene rings is 2. The van der Waals surface area contributed by atoms with E-state index in [-0.39, 0.29) is 18.3 Å². The number of para-hydroxylation sites is 1. The molecule has 0 radical (unpaired) electrons. The molecule has 0 amide bonds. The second-order valence-electron chi connectivity index (χ2n) is 6.40. The Morgan fingerprint density at radius 2 is 1.79 bits per heavy atom. The first-order valence-corrected chi connectivity index (χ1v) is 9.19. The number of ether oxygens (including phenoxy) is 2. The van der Waals surface area contributed by atoms with Crippen LogP contribution in [0.15, 0.2) is 60.7 Å². The summed E-state index contributed by atoms with van der Waals surface area (Å²) in [7, 11) is 0. The van der Waals surface area contributed by atoms with E-state index in [1.54, 1.807) is 30.3 Å². The van der Waals surface area contributed by atoms with Crippen LogP contribution in [0.4, 0.5) is 0 Å². The molecule has 0 aliphatic carbocycles. The SMILES string of the molecule is CC(C)Oc1ccccc1-c1ccc(C(=O)O)c(COc2ccc(Cl)cc2)n1. The summed E-state index contributed by atoms with van der Waals surface area (Å²) in [6.07, 6.45) is 0.00662. The van der Waals surface area contributed by atoms with Crippen LogP contribution in [0.1, 0.15) is 29.9 Å². The molecule has 0 fully saturated rings. The van der Waals surface area contributed by atoms with Crippen molar-refractivity contribution in [3.05, 3.63) is 76.9 Å². The molecule has 1 aromatic heterocycles. The van der Waals surface area contributed by atoms with Gasteiger partial charge in [-0.3, -0.25) is 0 Å². The summed E-state index contributed by atoms with van der Waals surface area (Å²) >= 11 is 5.88. The fourth-order valence-electron chi connectivity index (χ4n) is 2.67. The normalized spacial score (nSPS) is 10.7. The topological polar surface area (TPSA) is 68.7 Å². The van der Waals surface area contributed by atoms with Crippen LogP contribution in [0, 0.1) is 0 Å². The number of hydrogen-bond donors (Lipinski definition) is 1. The number of pyridine rings is 1. The van der Waals surface area contributed by atoms with Crippen molar-refractivity contribution in [2.75, 3.05) is 0 Å². The van der Waals surface area contributed by atoms with Gasteiger partial charge in [-0.05, 0) is 62.4 Å². The van der Waals surface area contributed by atoms with Crippen LogP contribution >= 0.6 is 11.6 Å². The van der Waals surface area contributed by atoms with Gasteiger partial charge in [-0.25, -0.2) is 9.78 Å². The van der Waals surface area contributed by atoms with Crippen molar-refractivity contribution >= 4 is 17.6 Å². The lowest BCUT2D eigenvalue weighted by molar-refractivity contribution is 0.0693. The van der Waals surface area contributed by atoms with Crippen molar-refractivity contribution in [2.45, 2.75) is 26.6 Å². The summed E-state index contributed by atoms with van der Waals surface area (Å²) in [4.78, 5) is 16.2. The van der Waals surface area contributed by atoms with E-state index in [0.717, 1.165) is 5.56 Å². The van der Waals surface area contributed by atoms with E-state index in [1.807, 2.05) is 38.1 Å². The molecule has 0 unspecified atom stereocenters. The molecule has 0 bridgehead atoms. The number of nitrogens with zero attached hydrogens (tertiary/aromatic N) is 1. The van der Waals surface area contributed by atoms with Crippen LogP contribution in [0.3, 0.4) is 0 Å². The molecule has 0 spiro atoms. The highest BCUT2D eigenvalue weighted by atomic mass is 35.5. The van der Waals surface area contributed by atoms with Crippen LogP contribution < -0.4 is 9.47 Å². The molecule has 0 atom stereocenters. The Kier molecular flexibility index (Phi) is 6.16. The van der Waals surface area contributed by atoms with E-state index in [0.29, 0.717) is 27.9 Å². The molecule has 0 saturated heterocycles. The minimum Gasteiger partial charge on any atom is -0.490 e. The van der Waals surface area contributed by atoms with Crippen LogP contribution in [-0.4, -0.2) is 22.2 Å². The maximum absolute atomic E-state index is 11.6. The number of aromatic carboxylic acids is 1. The Labute approximate surface area is 168 Å². The van der Waals surface area contributed by atoms with Crippen LogP contribution in [0.5, 0.6) is 11.5 Å². The van der Waals surface area contributed by atoms with Crippen molar-refractivity contribution in [2.24, 2.45) is 0 Å². The summed E-state index contributed by atoms with van der Waals surface area (Å²) in [5.74, 6) is 0.217. The van der Waals surface area contributed by atoms with Gasteiger partial charge in [0, 0.05) is 10.6 Å². The van der Waals surface area contributed by atoms with Crippen molar-refractivity contribution < 1.29 is 19.4 Å². The van der Waals surface area contributed by atoms with Crippen molar-refractivity contribution in [3.8, 4) is 22.8 Å². The number of carbonyl (C=O) groups is 1. The molecule has 6 heteroatoms. The van der Waals surface area contributed by atoms with Crippen molar-refractivity contribution in [1.29, 1.82) is 0 Å². The third kappa shape index (κ3) is 4.81. The lowest BCUT2D eigenvalue weighted by Gasteiger charge is -2.15. The second kappa shape index (κ2) is 8.76. The predicted molar refractivity (Wildman–Crippen MR) is 108 cm³/mol. The summed E-state index contributed by atoms with van der Waals surface area (Å²) < 4.78 is 11.6. The van der Waals surface area contributed by atoms with Gasteiger partial charge in [0.15, 0.2) is 0 Å². The largest absolute Gasteiger partial charge is 0.490 e. The standard InChI is InChI=1S/C22H20ClNO4/c1-14(2)28-21-6-4-3-5-17(21)19-12-11-18(22(25)26)20(24-19)13-27-16-9-7-15(23)8-10-16/h3-12,14H,13H2,1-2H3,(H,25,26). The average Bonchev–Trinajstić information content (AvgIpc) is 2.67. The van der Waals surface area contributed by atoms with Crippen LogP contribution in [-0.2, 0) is 6.61 Å². The molecular weight excluding hydrogens is 378 g/mol. The highest BCUT2D eigenvalue weighted by molar-refractivity contribution is 6.30. The summed E-state index contributed by atoms with van der Waals surface area (Å²) in [6, 6.07) is 17.6. The Morgan fingerprint density at radius 1 is 1.07 bits per heavy atom. The lowest BCUT2D eigenvalue weighted by atomic mass is 10.1. The second-order valence-corrected chi connectivity index (χ2v) is 6.84. The maximum atomic E-state index is 11.6. The first kappa shape index (κ1) is 19.7. The Morgan fingerprint density at radius 3 is 2.46 bits per heavy atom. The van der Waals surface area contributed by atoms with Gasteiger partial charge >= 0.3 is 5.97 Å². The molecule has 1 heterocycles. The molecule has 1 N–H and O–H groups in total. The number of halogens is 1. The zero-order valence-electron chi connectivity index (χ0n) is 15.6. The smallest absolute Gasteiger partial charge is 0.337 e. The summed E-state index contributed by atoms with van der Waals surface area (Å²) in [6.45, 7) is 3.91. The predicted octanol–water partition coefficient (Wildman–Crippen LogP) is 5.47. The number of hydrogen-bond acceptors (Lipinski definition) is 4. The molecule has 0 aliphatic rings. The van der Waals surface area contributed by atoms with E-state index < -0.39 is 5.97 Å². The molecule has 28 heavy (non-hydrogen) atoms. The molecule has 0 saturated carbocycles. The maximum Gasteiger partial charge on any atom is 0.337 e. The molecule has 0 aliphatic heterocycles. The average molecular weight is 398 g/mol. The molecular formula is C22H20ClNO4. The molecule has 3 aromatic rings.